The van der Waals surface area contributed by atoms with Crippen molar-refractivity contribution >= 4 is 5.71 Å². The lowest BCUT2D eigenvalue weighted by atomic mass is 10.1. The van der Waals surface area contributed by atoms with Crippen molar-refractivity contribution in [2.75, 3.05) is 0 Å². The summed E-state index contributed by atoms with van der Waals surface area (Å²) in [6.07, 6.45) is 1.33. The van der Waals surface area contributed by atoms with Gasteiger partial charge >= 0.3 is 0 Å². The maximum absolute atomic E-state index is 13.1. The first-order valence-corrected chi connectivity index (χ1v) is 3.62. The second kappa shape index (κ2) is 3.30. The monoisotopic (exact) mass is 163 g/mol. The van der Waals surface area contributed by atoms with E-state index in [9.17, 15) is 4.39 Å². The molecule has 0 bridgehead atoms. The summed E-state index contributed by atoms with van der Waals surface area (Å²) in [5.74, 6) is -0.361. The Morgan fingerprint density at radius 3 is 2.75 bits per heavy atom. The molecule has 0 aromatic heterocycles. The molecule has 0 saturated carbocycles. The van der Waals surface area contributed by atoms with Crippen molar-refractivity contribution in [2.24, 2.45) is 0 Å². The molecule has 12 heavy (non-hydrogen) atoms. The van der Waals surface area contributed by atoms with Crippen molar-refractivity contribution in [2.45, 2.75) is 6.92 Å². The Balaban J connectivity index is 3.18. The molecule has 0 unspecified atom stereocenters. The van der Waals surface area contributed by atoms with Crippen LogP contribution in [0.25, 0.3) is 0 Å². The third kappa shape index (κ3) is 1.59. The Bertz CT molecular complexity index is 329. The molecule has 0 atom stereocenters. The molecule has 1 aromatic carbocycles. The number of rotatable bonds is 2. The van der Waals surface area contributed by atoms with E-state index in [2.05, 4.69) is 6.58 Å². The molecule has 0 aliphatic rings. The predicted molar refractivity (Wildman–Crippen MR) is 48.2 cm³/mol. The van der Waals surface area contributed by atoms with Gasteiger partial charge in [0.2, 0.25) is 0 Å². The molecular weight excluding hydrogens is 153 g/mol. The van der Waals surface area contributed by atoms with Gasteiger partial charge in [0, 0.05) is 5.56 Å². The van der Waals surface area contributed by atoms with Crippen molar-refractivity contribution in [1.29, 1.82) is 5.41 Å². The summed E-state index contributed by atoms with van der Waals surface area (Å²) in [6, 6.07) is 4.78. The average Bonchev–Trinajstić information content (AvgIpc) is 2.03. The Morgan fingerprint density at radius 1 is 1.58 bits per heavy atom. The van der Waals surface area contributed by atoms with Crippen LogP contribution in [0, 0.1) is 18.2 Å². The van der Waals surface area contributed by atoms with Crippen molar-refractivity contribution in [1.82, 2.24) is 0 Å². The predicted octanol–water partition coefficient (Wildman–Crippen LogP) is 2.69. The molecule has 62 valence electrons. The van der Waals surface area contributed by atoms with E-state index < -0.39 is 0 Å². The number of halogens is 1. The highest BCUT2D eigenvalue weighted by molar-refractivity contribution is 6.06. The zero-order valence-electron chi connectivity index (χ0n) is 6.89. The van der Waals surface area contributed by atoms with Gasteiger partial charge in [-0.25, -0.2) is 4.39 Å². The molecule has 1 rings (SSSR count). The van der Waals surface area contributed by atoms with Crippen molar-refractivity contribution < 1.29 is 4.39 Å². The van der Waals surface area contributed by atoms with Gasteiger partial charge in [0.25, 0.3) is 0 Å². The van der Waals surface area contributed by atoms with Crippen LogP contribution < -0.4 is 0 Å². The number of hydrogen-bond acceptors (Lipinski definition) is 1. The highest BCUT2D eigenvalue weighted by atomic mass is 19.1. The highest BCUT2D eigenvalue weighted by Crippen LogP contribution is 2.10. The van der Waals surface area contributed by atoms with Crippen LogP contribution in [0.1, 0.15) is 11.1 Å². The summed E-state index contributed by atoms with van der Waals surface area (Å²) in [6.45, 7) is 5.22. The Labute approximate surface area is 71.1 Å². The summed E-state index contributed by atoms with van der Waals surface area (Å²) in [5, 5.41) is 7.33. The second-order valence-corrected chi connectivity index (χ2v) is 2.60. The third-order valence-corrected chi connectivity index (χ3v) is 1.62. The molecule has 1 nitrogen and oxygen atoms in total. The maximum Gasteiger partial charge on any atom is 0.132 e. The van der Waals surface area contributed by atoms with E-state index in [1.54, 1.807) is 12.1 Å². The van der Waals surface area contributed by atoms with E-state index in [0.29, 0.717) is 5.56 Å². The number of nitrogens with one attached hydrogen (secondary N) is 1. The number of allylic oxidation sites excluding steroid dienone is 1. The first kappa shape index (κ1) is 8.65. The van der Waals surface area contributed by atoms with Crippen LogP contribution in [0.3, 0.4) is 0 Å². The van der Waals surface area contributed by atoms with Crippen LogP contribution in [0.2, 0.25) is 0 Å². The van der Waals surface area contributed by atoms with E-state index in [-0.39, 0.29) is 11.5 Å². The number of benzene rings is 1. The lowest BCUT2D eigenvalue weighted by molar-refractivity contribution is 0.624. The molecular formula is C10H10FN. The number of hydrogen-bond donors (Lipinski definition) is 1. The molecule has 0 aliphatic heterocycles. The van der Waals surface area contributed by atoms with E-state index in [0.717, 1.165) is 5.56 Å². The fourth-order valence-electron chi connectivity index (χ4n) is 0.949. The Kier molecular flexibility index (Phi) is 2.38. The molecule has 0 radical (unpaired) electrons. The molecule has 0 spiro atoms. The molecule has 0 fully saturated rings. The lowest BCUT2D eigenvalue weighted by Gasteiger charge is -2.01. The standard InChI is InChI=1S/C10H10FN/c1-3-10(12)8-5-4-7(2)6-9(8)11/h3-6,12H,1H2,2H3. The second-order valence-electron chi connectivity index (χ2n) is 2.60. The van der Waals surface area contributed by atoms with Crippen molar-refractivity contribution in [3.63, 3.8) is 0 Å². The maximum atomic E-state index is 13.1. The van der Waals surface area contributed by atoms with Crippen LogP contribution in [0.5, 0.6) is 0 Å². The van der Waals surface area contributed by atoms with E-state index in [1.807, 2.05) is 6.92 Å². The smallest absolute Gasteiger partial charge is 0.132 e. The fraction of sp³-hybridized carbons (Fsp3) is 0.100. The summed E-state index contributed by atoms with van der Waals surface area (Å²) in [4.78, 5) is 0. The van der Waals surface area contributed by atoms with Crippen molar-refractivity contribution in [3.8, 4) is 0 Å². The van der Waals surface area contributed by atoms with E-state index in [1.165, 1.54) is 12.1 Å². The van der Waals surface area contributed by atoms with E-state index in [4.69, 9.17) is 5.41 Å². The summed E-state index contributed by atoms with van der Waals surface area (Å²) in [7, 11) is 0. The normalized spacial score (nSPS) is 9.50. The van der Waals surface area contributed by atoms with Crippen LogP contribution in [0.15, 0.2) is 30.9 Å². The summed E-state index contributed by atoms with van der Waals surface area (Å²) < 4.78 is 13.1. The first-order valence-electron chi connectivity index (χ1n) is 3.62. The minimum atomic E-state index is -0.361. The first-order chi connectivity index (χ1) is 5.65. The molecule has 1 aromatic rings. The zero-order chi connectivity index (χ0) is 9.14. The molecule has 0 aliphatic carbocycles. The van der Waals surface area contributed by atoms with Gasteiger partial charge < -0.3 is 5.41 Å². The minimum Gasteiger partial charge on any atom is -0.300 e. The van der Waals surface area contributed by atoms with Gasteiger partial charge in [-0.3, -0.25) is 0 Å². The molecule has 0 amide bonds. The van der Waals surface area contributed by atoms with Gasteiger partial charge in [0.05, 0.1) is 5.71 Å². The van der Waals surface area contributed by atoms with Crippen LogP contribution in [-0.2, 0) is 0 Å². The Hall–Kier alpha value is -1.44. The van der Waals surface area contributed by atoms with Crippen LogP contribution in [0.4, 0.5) is 4.39 Å². The van der Waals surface area contributed by atoms with Crippen LogP contribution in [-0.4, -0.2) is 5.71 Å². The van der Waals surface area contributed by atoms with Crippen LogP contribution >= 0.6 is 0 Å². The van der Waals surface area contributed by atoms with Crippen molar-refractivity contribution in [3.05, 3.63) is 47.8 Å². The molecule has 0 saturated heterocycles. The SMILES string of the molecule is C=CC(=N)c1ccc(C)cc1F. The van der Waals surface area contributed by atoms with E-state index >= 15 is 0 Å². The van der Waals surface area contributed by atoms with Gasteiger partial charge in [-0.15, -0.1) is 0 Å². The quantitative estimate of drug-likeness (QED) is 0.648. The fourth-order valence-corrected chi connectivity index (χ4v) is 0.949. The third-order valence-electron chi connectivity index (χ3n) is 1.62. The topological polar surface area (TPSA) is 23.9 Å². The zero-order valence-corrected chi connectivity index (χ0v) is 6.89. The highest BCUT2D eigenvalue weighted by Gasteiger charge is 2.03. The largest absolute Gasteiger partial charge is 0.300 e. The molecule has 0 heterocycles. The molecule has 2 heteroatoms. The average molecular weight is 163 g/mol. The Morgan fingerprint density at radius 2 is 2.25 bits per heavy atom. The van der Waals surface area contributed by atoms with Gasteiger partial charge in [-0.05, 0) is 30.7 Å². The van der Waals surface area contributed by atoms with Gasteiger partial charge in [-0.1, -0.05) is 12.6 Å². The lowest BCUT2D eigenvalue weighted by Crippen LogP contribution is -1.98. The van der Waals surface area contributed by atoms with Gasteiger partial charge in [0.15, 0.2) is 0 Å². The summed E-state index contributed by atoms with van der Waals surface area (Å²) >= 11 is 0. The minimum absolute atomic E-state index is 0.118. The molecule has 1 N–H and O–H groups in total. The summed E-state index contributed by atoms with van der Waals surface area (Å²) in [5.41, 5.74) is 1.27. The van der Waals surface area contributed by atoms with Gasteiger partial charge in [0.1, 0.15) is 5.82 Å². The van der Waals surface area contributed by atoms with Gasteiger partial charge in [-0.2, -0.15) is 0 Å². The number of aryl methyl sites for hydroxylation is 1.